The number of aromatic nitrogens is 3. The molecular formula is C43H26N4. The normalized spacial score (nSPS) is 11.8. The predicted molar refractivity (Wildman–Crippen MR) is 194 cm³/mol. The van der Waals surface area contributed by atoms with E-state index in [0.29, 0.717) is 5.56 Å². The Labute approximate surface area is 270 Å². The molecule has 10 aromatic rings. The number of para-hydroxylation sites is 5. The fraction of sp³-hybridized carbons (Fsp3) is 0. The maximum absolute atomic E-state index is 10.4. The first-order valence-electron chi connectivity index (χ1n) is 15.9. The Bertz CT molecular complexity index is 2900. The molecule has 0 fully saturated rings. The van der Waals surface area contributed by atoms with Gasteiger partial charge in [0.2, 0.25) is 0 Å². The van der Waals surface area contributed by atoms with Gasteiger partial charge in [-0.05, 0) is 66.7 Å². The largest absolute Gasteiger partial charge is 0.309 e. The SMILES string of the molecule is N#Cc1cccc2c3ccc4c(c5ccccc5n4-c4ccccc4)c3n(-c3ccc4c(c3)c3ccccc3n4-c3ccccc3)c12. The molecule has 47 heavy (non-hydrogen) atoms. The molecular weight excluding hydrogens is 573 g/mol. The minimum atomic E-state index is 0.658. The van der Waals surface area contributed by atoms with Crippen molar-refractivity contribution in [3.63, 3.8) is 0 Å². The second-order valence-corrected chi connectivity index (χ2v) is 12.1. The number of benzene rings is 7. The third-order valence-corrected chi connectivity index (χ3v) is 9.65. The molecule has 3 heterocycles. The lowest BCUT2D eigenvalue weighted by Crippen LogP contribution is -1.97. The number of nitrogens with zero attached hydrogens (tertiary/aromatic N) is 4. The maximum Gasteiger partial charge on any atom is 0.101 e. The molecule has 0 unspecified atom stereocenters. The molecule has 218 valence electrons. The van der Waals surface area contributed by atoms with E-state index < -0.39 is 0 Å². The van der Waals surface area contributed by atoms with Gasteiger partial charge in [0, 0.05) is 49.4 Å². The molecule has 0 aliphatic rings. The highest BCUT2D eigenvalue weighted by molar-refractivity contribution is 6.26. The van der Waals surface area contributed by atoms with Crippen molar-refractivity contribution in [1.82, 2.24) is 13.7 Å². The quantitative estimate of drug-likeness (QED) is 0.199. The first-order valence-corrected chi connectivity index (χ1v) is 15.9. The minimum absolute atomic E-state index is 0.658. The van der Waals surface area contributed by atoms with Crippen molar-refractivity contribution < 1.29 is 0 Å². The molecule has 0 N–H and O–H groups in total. The lowest BCUT2D eigenvalue weighted by Gasteiger charge is -2.12. The third kappa shape index (κ3) is 3.51. The molecule has 0 saturated carbocycles. The van der Waals surface area contributed by atoms with E-state index in [0.717, 1.165) is 55.4 Å². The zero-order chi connectivity index (χ0) is 31.1. The number of fused-ring (bicyclic) bond motifs is 10. The second-order valence-electron chi connectivity index (χ2n) is 12.1. The lowest BCUT2D eigenvalue weighted by atomic mass is 10.1. The van der Waals surface area contributed by atoms with Crippen LogP contribution in [0, 0.1) is 11.3 Å². The summed E-state index contributed by atoms with van der Waals surface area (Å²) in [5.74, 6) is 0. The van der Waals surface area contributed by atoms with Crippen molar-refractivity contribution in [3.05, 3.63) is 163 Å². The molecule has 0 aliphatic heterocycles. The third-order valence-electron chi connectivity index (χ3n) is 9.65. The standard InChI is InChI=1S/C43H26N4/c44-27-28-12-11-19-33-34-23-25-40-41(35-18-8-10-21-38(35)46(40)30-15-5-2-6-16-30)43(34)47(42(28)33)31-22-24-39-36(26-31)32-17-7-9-20-37(32)45(39)29-13-3-1-4-14-29/h1-26H. The van der Waals surface area contributed by atoms with Crippen LogP contribution < -0.4 is 0 Å². The highest BCUT2D eigenvalue weighted by atomic mass is 15.0. The van der Waals surface area contributed by atoms with Crippen LogP contribution in [0.15, 0.2) is 158 Å². The molecule has 7 aromatic carbocycles. The van der Waals surface area contributed by atoms with Crippen LogP contribution in [-0.4, -0.2) is 13.7 Å². The first-order chi connectivity index (χ1) is 23.3. The summed E-state index contributed by atoms with van der Waals surface area (Å²) < 4.78 is 7.03. The molecule has 4 nitrogen and oxygen atoms in total. The van der Waals surface area contributed by atoms with Gasteiger partial charge >= 0.3 is 0 Å². The van der Waals surface area contributed by atoms with Gasteiger partial charge in [-0.2, -0.15) is 5.26 Å². The predicted octanol–water partition coefficient (Wildman–Crippen LogP) is 10.8. The first kappa shape index (κ1) is 25.7. The van der Waals surface area contributed by atoms with E-state index in [9.17, 15) is 5.26 Å². The number of hydrogen-bond acceptors (Lipinski definition) is 1. The summed E-state index contributed by atoms with van der Waals surface area (Å²) in [7, 11) is 0. The van der Waals surface area contributed by atoms with Gasteiger partial charge in [0.25, 0.3) is 0 Å². The number of rotatable bonds is 3. The van der Waals surface area contributed by atoms with Crippen molar-refractivity contribution >= 4 is 65.4 Å². The average Bonchev–Trinajstić information content (AvgIpc) is 3.78. The molecule has 0 radical (unpaired) electrons. The van der Waals surface area contributed by atoms with Crippen molar-refractivity contribution in [1.29, 1.82) is 5.26 Å². The summed E-state index contributed by atoms with van der Waals surface area (Å²) in [6.07, 6.45) is 0. The van der Waals surface area contributed by atoms with Crippen molar-refractivity contribution in [2.75, 3.05) is 0 Å². The fourth-order valence-electron chi connectivity index (χ4n) is 7.76. The Hall–Kier alpha value is -6.57. The van der Waals surface area contributed by atoms with E-state index in [4.69, 9.17) is 0 Å². The molecule has 0 amide bonds. The summed E-state index contributed by atoms with van der Waals surface area (Å²) in [6.45, 7) is 0. The molecule has 4 heteroatoms. The lowest BCUT2D eigenvalue weighted by molar-refractivity contribution is 1.16. The monoisotopic (exact) mass is 598 g/mol. The van der Waals surface area contributed by atoms with Gasteiger partial charge in [-0.15, -0.1) is 0 Å². The molecule has 3 aromatic heterocycles. The smallest absolute Gasteiger partial charge is 0.101 e. The van der Waals surface area contributed by atoms with Gasteiger partial charge in [0.05, 0.1) is 38.7 Å². The fourth-order valence-corrected chi connectivity index (χ4v) is 7.76. The van der Waals surface area contributed by atoms with Crippen LogP contribution in [0.25, 0.3) is 82.5 Å². The van der Waals surface area contributed by atoms with Crippen molar-refractivity contribution in [2.24, 2.45) is 0 Å². The van der Waals surface area contributed by atoms with Gasteiger partial charge < -0.3 is 13.7 Å². The van der Waals surface area contributed by atoms with Crippen LogP contribution in [0.4, 0.5) is 0 Å². The summed E-state index contributed by atoms with van der Waals surface area (Å²) in [6, 6.07) is 58.2. The summed E-state index contributed by atoms with van der Waals surface area (Å²) in [5, 5.41) is 17.4. The summed E-state index contributed by atoms with van der Waals surface area (Å²) in [4.78, 5) is 0. The van der Waals surface area contributed by atoms with Crippen LogP contribution in [-0.2, 0) is 0 Å². The Balaban J connectivity index is 1.39. The Morgan fingerprint density at radius 3 is 1.64 bits per heavy atom. The highest BCUT2D eigenvalue weighted by Gasteiger charge is 2.23. The molecule has 0 bridgehead atoms. The van der Waals surface area contributed by atoms with Crippen LogP contribution in [0.2, 0.25) is 0 Å². The molecule has 0 saturated heterocycles. The topological polar surface area (TPSA) is 38.6 Å². The van der Waals surface area contributed by atoms with Crippen molar-refractivity contribution in [3.8, 4) is 23.1 Å². The van der Waals surface area contributed by atoms with Crippen LogP contribution >= 0.6 is 0 Å². The Morgan fingerprint density at radius 1 is 0.362 bits per heavy atom. The molecule has 10 rings (SSSR count). The van der Waals surface area contributed by atoms with Gasteiger partial charge in [-0.25, -0.2) is 0 Å². The Morgan fingerprint density at radius 2 is 0.915 bits per heavy atom. The van der Waals surface area contributed by atoms with E-state index in [1.54, 1.807) is 0 Å². The Kier molecular flexibility index (Phi) is 5.32. The van der Waals surface area contributed by atoms with Crippen LogP contribution in [0.5, 0.6) is 0 Å². The minimum Gasteiger partial charge on any atom is -0.309 e. The zero-order valence-corrected chi connectivity index (χ0v) is 25.3. The highest BCUT2D eigenvalue weighted by Crippen LogP contribution is 2.43. The maximum atomic E-state index is 10.4. The zero-order valence-electron chi connectivity index (χ0n) is 25.3. The second kappa shape index (κ2) is 9.71. The van der Waals surface area contributed by atoms with Gasteiger partial charge in [-0.3, -0.25) is 0 Å². The van der Waals surface area contributed by atoms with E-state index in [1.807, 2.05) is 12.1 Å². The van der Waals surface area contributed by atoms with E-state index in [1.165, 1.54) is 27.1 Å². The van der Waals surface area contributed by atoms with E-state index >= 15 is 0 Å². The van der Waals surface area contributed by atoms with Gasteiger partial charge in [0.15, 0.2) is 0 Å². The molecule has 0 spiro atoms. The number of hydrogen-bond donors (Lipinski definition) is 0. The molecule has 0 aliphatic carbocycles. The average molecular weight is 599 g/mol. The van der Waals surface area contributed by atoms with E-state index in [-0.39, 0.29) is 0 Å². The van der Waals surface area contributed by atoms with Crippen LogP contribution in [0.3, 0.4) is 0 Å². The van der Waals surface area contributed by atoms with Gasteiger partial charge in [-0.1, -0.05) is 91.0 Å². The molecule has 0 atom stereocenters. The van der Waals surface area contributed by atoms with Crippen molar-refractivity contribution in [2.45, 2.75) is 0 Å². The summed E-state index contributed by atoms with van der Waals surface area (Å²) in [5.41, 5.74) is 10.6. The number of nitriles is 1. The van der Waals surface area contributed by atoms with E-state index in [2.05, 4.69) is 165 Å². The van der Waals surface area contributed by atoms with Crippen LogP contribution in [0.1, 0.15) is 5.56 Å². The summed E-state index contributed by atoms with van der Waals surface area (Å²) >= 11 is 0. The van der Waals surface area contributed by atoms with Gasteiger partial charge in [0.1, 0.15) is 6.07 Å².